The first kappa shape index (κ1) is 13.9. The van der Waals surface area contributed by atoms with E-state index in [2.05, 4.69) is 21.2 Å². The number of nitrogens with zero attached hydrogens (tertiary/aromatic N) is 1. The minimum absolute atomic E-state index is 0.0205. The van der Waals surface area contributed by atoms with Crippen molar-refractivity contribution in [1.82, 2.24) is 5.32 Å². The highest BCUT2D eigenvalue weighted by Crippen LogP contribution is 2.27. The highest BCUT2D eigenvalue weighted by molar-refractivity contribution is 9.10. The molecule has 0 aliphatic carbocycles. The SMILES string of the molecule is CCC1C(=O)NCCN1c1ccc(C(=O)O)c(Br)c1. The van der Waals surface area contributed by atoms with Crippen molar-refractivity contribution in [3.8, 4) is 0 Å². The summed E-state index contributed by atoms with van der Waals surface area (Å²) in [5.74, 6) is -0.950. The zero-order chi connectivity index (χ0) is 14.0. The van der Waals surface area contributed by atoms with Crippen LogP contribution in [0.25, 0.3) is 0 Å². The number of benzene rings is 1. The number of halogens is 1. The maximum absolute atomic E-state index is 11.8. The molecule has 0 bridgehead atoms. The number of rotatable bonds is 3. The zero-order valence-corrected chi connectivity index (χ0v) is 12.1. The number of amides is 1. The molecule has 5 nitrogen and oxygen atoms in total. The minimum atomic E-state index is -0.971. The number of hydrogen-bond acceptors (Lipinski definition) is 3. The van der Waals surface area contributed by atoms with E-state index in [1.807, 2.05) is 11.8 Å². The van der Waals surface area contributed by atoms with E-state index >= 15 is 0 Å². The van der Waals surface area contributed by atoms with Crippen molar-refractivity contribution in [2.75, 3.05) is 18.0 Å². The van der Waals surface area contributed by atoms with Gasteiger partial charge in [0.15, 0.2) is 0 Å². The average molecular weight is 327 g/mol. The summed E-state index contributed by atoms with van der Waals surface area (Å²) < 4.78 is 0.526. The second-order valence-corrected chi connectivity index (χ2v) is 5.23. The number of nitrogens with one attached hydrogen (secondary N) is 1. The third-order valence-corrected chi connectivity index (χ3v) is 3.89. The summed E-state index contributed by atoms with van der Waals surface area (Å²) in [6.07, 6.45) is 0.712. The van der Waals surface area contributed by atoms with Gasteiger partial charge >= 0.3 is 5.97 Å². The third kappa shape index (κ3) is 2.73. The minimum Gasteiger partial charge on any atom is -0.478 e. The second kappa shape index (κ2) is 5.61. The summed E-state index contributed by atoms with van der Waals surface area (Å²) in [6, 6.07) is 4.86. The fourth-order valence-electron chi connectivity index (χ4n) is 2.29. The van der Waals surface area contributed by atoms with Crippen molar-refractivity contribution in [2.24, 2.45) is 0 Å². The predicted octanol–water partition coefficient (Wildman–Crippen LogP) is 1.86. The molecule has 1 saturated heterocycles. The Bertz CT molecular complexity index is 519. The van der Waals surface area contributed by atoms with Crippen molar-refractivity contribution in [1.29, 1.82) is 0 Å². The van der Waals surface area contributed by atoms with Gasteiger partial charge in [0.1, 0.15) is 6.04 Å². The van der Waals surface area contributed by atoms with Crippen LogP contribution < -0.4 is 10.2 Å². The Balaban J connectivity index is 2.33. The molecule has 2 rings (SSSR count). The summed E-state index contributed by atoms with van der Waals surface area (Å²) in [6.45, 7) is 3.29. The normalized spacial score (nSPS) is 19.2. The Kier molecular flexibility index (Phi) is 4.09. The van der Waals surface area contributed by atoms with Crippen molar-refractivity contribution >= 4 is 33.5 Å². The van der Waals surface area contributed by atoms with Gasteiger partial charge in [-0.3, -0.25) is 4.79 Å². The topological polar surface area (TPSA) is 69.6 Å². The number of anilines is 1. The van der Waals surface area contributed by atoms with Gasteiger partial charge in [0, 0.05) is 23.2 Å². The Morgan fingerprint density at radius 3 is 2.89 bits per heavy atom. The zero-order valence-electron chi connectivity index (χ0n) is 10.5. The molecule has 0 radical (unpaired) electrons. The van der Waals surface area contributed by atoms with E-state index in [9.17, 15) is 9.59 Å². The fraction of sp³-hybridized carbons (Fsp3) is 0.385. The van der Waals surface area contributed by atoms with Crippen molar-refractivity contribution in [3.63, 3.8) is 0 Å². The average Bonchev–Trinajstić information content (AvgIpc) is 2.37. The lowest BCUT2D eigenvalue weighted by molar-refractivity contribution is -0.123. The van der Waals surface area contributed by atoms with Crippen LogP contribution in [0.5, 0.6) is 0 Å². The Morgan fingerprint density at radius 1 is 1.58 bits per heavy atom. The standard InChI is InChI=1S/C13H15BrN2O3/c1-2-11-12(17)15-5-6-16(11)8-3-4-9(13(18)19)10(14)7-8/h3-4,7,11H,2,5-6H2,1H3,(H,15,17)(H,18,19). The molecule has 19 heavy (non-hydrogen) atoms. The van der Waals surface area contributed by atoms with Gasteiger partial charge in [0.05, 0.1) is 5.56 Å². The van der Waals surface area contributed by atoms with Gasteiger partial charge in [0.2, 0.25) is 5.91 Å². The molecule has 1 heterocycles. The highest BCUT2D eigenvalue weighted by atomic mass is 79.9. The van der Waals surface area contributed by atoms with Crippen LogP contribution in [-0.4, -0.2) is 36.1 Å². The molecule has 1 aromatic carbocycles. The van der Waals surface area contributed by atoms with Crippen molar-refractivity contribution in [3.05, 3.63) is 28.2 Å². The molecular weight excluding hydrogens is 312 g/mol. The van der Waals surface area contributed by atoms with E-state index in [1.165, 1.54) is 0 Å². The Morgan fingerprint density at radius 2 is 2.32 bits per heavy atom. The molecule has 1 atom stereocenters. The van der Waals surface area contributed by atoms with Gasteiger partial charge < -0.3 is 15.3 Å². The molecular formula is C13H15BrN2O3. The highest BCUT2D eigenvalue weighted by Gasteiger charge is 2.28. The molecule has 1 aliphatic rings. The van der Waals surface area contributed by atoms with Gasteiger partial charge in [-0.25, -0.2) is 4.79 Å². The second-order valence-electron chi connectivity index (χ2n) is 4.38. The summed E-state index contributed by atoms with van der Waals surface area (Å²) in [5, 5.41) is 11.8. The number of piperazine rings is 1. The lowest BCUT2D eigenvalue weighted by atomic mass is 10.1. The third-order valence-electron chi connectivity index (χ3n) is 3.23. The molecule has 1 aromatic rings. The van der Waals surface area contributed by atoms with Crippen molar-refractivity contribution < 1.29 is 14.7 Å². The molecule has 102 valence electrons. The van der Waals surface area contributed by atoms with Crippen LogP contribution >= 0.6 is 15.9 Å². The molecule has 0 saturated carbocycles. The van der Waals surface area contributed by atoms with Gasteiger partial charge in [-0.2, -0.15) is 0 Å². The summed E-state index contributed by atoms with van der Waals surface area (Å²) in [4.78, 5) is 24.8. The molecule has 2 N–H and O–H groups in total. The Labute approximate surface area is 119 Å². The number of carbonyl (C=O) groups excluding carboxylic acids is 1. The van der Waals surface area contributed by atoms with Crippen LogP contribution in [0.4, 0.5) is 5.69 Å². The number of aromatic carboxylic acids is 1. The first-order chi connectivity index (χ1) is 9.04. The number of carboxylic acid groups (broad SMARTS) is 1. The lowest BCUT2D eigenvalue weighted by Gasteiger charge is -2.36. The van der Waals surface area contributed by atoms with Crippen LogP contribution in [0.3, 0.4) is 0 Å². The number of carboxylic acids is 1. The quantitative estimate of drug-likeness (QED) is 0.889. The van der Waals surface area contributed by atoms with E-state index < -0.39 is 5.97 Å². The lowest BCUT2D eigenvalue weighted by Crippen LogP contribution is -2.55. The summed E-state index contributed by atoms with van der Waals surface area (Å²) in [7, 11) is 0. The van der Waals surface area contributed by atoms with Gasteiger partial charge in [0.25, 0.3) is 0 Å². The smallest absolute Gasteiger partial charge is 0.336 e. The summed E-state index contributed by atoms with van der Waals surface area (Å²) in [5.41, 5.74) is 1.08. The monoisotopic (exact) mass is 326 g/mol. The van der Waals surface area contributed by atoms with E-state index in [4.69, 9.17) is 5.11 Å². The largest absolute Gasteiger partial charge is 0.478 e. The molecule has 1 amide bonds. The molecule has 6 heteroatoms. The number of carbonyl (C=O) groups is 2. The maximum Gasteiger partial charge on any atom is 0.336 e. The van der Waals surface area contributed by atoms with Gasteiger partial charge in [-0.15, -0.1) is 0 Å². The predicted molar refractivity (Wildman–Crippen MR) is 75.5 cm³/mol. The van der Waals surface area contributed by atoms with Crippen LogP contribution in [0.1, 0.15) is 23.7 Å². The first-order valence-corrected chi connectivity index (χ1v) is 6.91. The van der Waals surface area contributed by atoms with Crippen LogP contribution in [0.2, 0.25) is 0 Å². The molecule has 1 aliphatic heterocycles. The van der Waals surface area contributed by atoms with Crippen LogP contribution in [-0.2, 0) is 4.79 Å². The van der Waals surface area contributed by atoms with E-state index in [0.29, 0.717) is 17.4 Å². The fourth-order valence-corrected chi connectivity index (χ4v) is 2.82. The summed E-state index contributed by atoms with van der Waals surface area (Å²) >= 11 is 3.26. The van der Waals surface area contributed by atoms with E-state index in [-0.39, 0.29) is 17.5 Å². The van der Waals surface area contributed by atoms with Gasteiger partial charge in [-0.1, -0.05) is 6.92 Å². The molecule has 1 fully saturated rings. The van der Waals surface area contributed by atoms with Crippen molar-refractivity contribution in [2.45, 2.75) is 19.4 Å². The van der Waals surface area contributed by atoms with Gasteiger partial charge in [-0.05, 0) is 40.5 Å². The molecule has 1 unspecified atom stereocenters. The number of hydrogen-bond donors (Lipinski definition) is 2. The first-order valence-electron chi connectivity index (χ1n) is 6.11. The molecule has 0 spiro atoms. The maximum atomic E-state index is 11.8. The molecule has 0 aromatic heterocycles. The Hall–Kier alpha value is -1.56. The van der Waals surface area contributed by atoms with Crippen LogP contribution in [0, 0.1) is 0 Å². The van der Waals surface area contributed by atoms with E-state index in [0.717, 1.165) is 12.2 Å². The van der Waals surface area contributed by atoms with E-state index in [1.54, 1.807) is 18.2 Å². The van der Waals surface area contributed by atoms with Crippen LogP contribution in [0.15, 0.2) is 22.7 Å².